The van der Waals surface area contributed by atoms with Gasteiger partial charge in [0, 0.05) is 37.7 Å². The van der Waals surface area contributed by atoms with Crippen LogP contribution in [0.15, 0.2) is 24.3 Å². The monoisotopic (exact) mass is 156 g/mol. The van der Waals surface area contributed by atoms with E-state index in [1.807, 2.05) is 12.1 Å². The third-order valence-electron chi connectivity index (χ3n) is 0.996. The van der Waals surface area contributed by atoms with Gasteiger partial charge < -0.3 is 0 Å². The van der Waals surface area contributed by atoms with E-state index in [4.69, 9.17) is 0 Å². The van der Waals surface area contributed by atoms with Gasteiger partial charge in [-0.1, -0.05) is 24.3 Å². The predicted octanol–water partition coefficient (Wildman–Crippen LogP) is -0.0742. The first-order chi connectivity index (χ1) is 3.80. The summed E-state index contributed by atoms with van der Waals surface area (Å²) in [6.07, 6.45) is 0. The molecule has 1 rings (SSSR count). The number of hydrogen-bond donors (Lipinski definition) is 0. The summed E-state index contributed by atoms with van der Waals surface area (Å²) >= 11 is 0. The first-order valence-electron chi connectivity index (χ1n) is 2.40. The molecular formula is C6H8Li2P2. The molecule has 2 unspecified atom stereocenters. The van der Waals surface area contributed by atoms with E-state index in [0.717, 1.165) is 0 Å². The van der Waals surface area contributed by atoms with E-state index < -0.39 is 0 Å². The zero-order chi connectivity index (χ0) is 5.98. The molecule has 0 aliphatic carbocycles. The standard InChI is InChI=1S/C6H8P2.2Li/c7-5-3-1-2-4-6(5)8;;/h1-4H,7-8H2;;. The van der Waals surface area contributed by atoms with E-state index >= 15 is 0 Å². The molecule has 1 aromatic carbocycles. The average molecular weight is 156 g/mol. The molecule has 4 heteroatoms. The van der Waals surface area contributed by atoms with Crippen LogP contribution >= 0.6 is 18.5 Å². The van der Waals surface area contributed by atoms with Crippen molar-refractivity contribution in [2.75, 3.05) is 0 Å². The molecule has 0 amide bonds. The Hall–Kier alpha value is 1.27. The van der Waals surface area contributed by atoms with Crippen LogP contribution in [0.3, 0.4) is 0 Å². The molecule has 2 radical (unpaired) electrons. The Morgan fingerprint density at radius 3 is 1.30 bits per heavy atom. The van der Waals surface area contributed by atoms with Gasteiger partial charge in [-0.25, -0.2) is 0 Å². The minimum atomic E-state index is 0. The molecule has 0 saturated carbocycles. The van der Waals surface area contributed by atoms with Gasteiger partial charge in [0.2, 0.25) is 0 Å². The summed E-state index contributed by atoms with van der Waals surface area (Å²) in [6.45, 7) is 0. The Morgan fingerprint density at radius 2 is 1.10 bits per heavy atom. The molecule has 0 spiro atoms. The zero-order valence-electron chi connectivity index (χ0n) is 6.46. The van der Waals surface area contributed by atoms with Crippen LogP contribution < -0.4 is 10.6 Å². The fourth-order valence-corrected chi connectivity index (χ4v) is 0.926. The molecule has 1 aromatic rings. The van der Waals surface area contributed by atoms with Crippen LogP contribution in [0.2, 0.25) is 0 Å². The van der Waals surface area contributed by atoms with Crippen LogP contribution in [0.5, 0.6) is 0 Å². The topological polar surface area (TPSA) is 0 Å². The van der Waals surface area contributed by atoms with Gasteiger partial charge in [0.15, 0.2) is 0 Å². The second-order valence-electron chi connectivity index (χ2n) is 1.63. The van der Waals surface area contributed by atoms with Gasteiger partial charge >= 0.3 is 0 Å². The number of hydrogen-bond acceptors (Lipinski definition) is 0. The first kappa shape index (κ1) is 13.8. The van der Waals surface area contributed by atoms with E-state index in [1.54, 1.807) is 0 Å². The van der Waals surface area contributed by atoms with E-state index in [9.17, 15) is 0 Å². The van der Waals surface area contributed by atoms with Crippen molar-refractivity contribution in [1.29, 1.82) is 0 Å². The normalized spacial score (nSPS) is 7.40. The summed E-state index contributed by atoms with van der Waals surface area (Å²) in [7, 11) is 5.33. The summed E-state index contributed by atoms with van der Waals surface area (Å²) in [5.74, 6) is 0. The molecule has 0 nitrogen and oxygen atoms in total. The van der Waals surface area contributed by atoms with Crippen molar-refractivity contribution in [2.24, 2.45) is 0 Å². The molecule has 0 fully saturated rings. The zero-order valence-corrected chi connectivity index (χ0v) is 8.77. The van der Waals surface area contributed by atoms with Crippen molar-refractivity contribution in [3.63, 3.8) is 0 Å². The van der Waals surface area contributed by atoms with Crippen LogP contribution in [-0.2, 0) is 0 Å². The van der Waals surface area contributed by atoms with Crippen molar-refractivity contribution in [3.8, 4) is 0 Å². The molecule has 0 heterocycles. The van der Waals surface area contributed by atoms with Crippen molar-refractivity contribution in [2.45, 2.75) is 0 Å². The van der Waals surface area contributed by atoms with E-state index in [1.165, 1.54) is 10.6 Å². The Balaban J connectivity index is 0. The van der Waals surface area contributed by atoms with Crippen molar-refractivity contribution in [1.82, 2.24) is 0 Å². The Bertz CT molecular complexity index is 170. The maximum Gasteiger partial charge on any atom is 0 e. The van der Waals surface area contributed by atoms with Gasteiger partial charge in [0.05, 0.1) is 0 Å². The molecule has 0 aliphatic rings. The Kier molecular flexibility index (Phi) is 9.62. The van der Waals surface area contributed by atoms with Crippen LogP contribution in [0, 0.1) is 0 Å². The van der Waals surface area contributed by atoms with Crippen LogP contribution in [0.4, 0.5) is 0 Å². The molecular weight excluding hydrogens is 148 g/mol. The molecule has 0 saturated heterocycles. The van der Waals surface area contributed by atoms with Crippen molar-refractivity contribution < 1.29 is 0 Å². The molecule has 2 atom stereocenters. The minimum absolute atomic E-state index is 0. The van der Waals surface area contributed by atoms with E-state index in [2.05, 4.69) is 30.6 Å². The third-order valence-corrected chi connectivity index (χ3v) is 2.38. The number of benzene rings is 1. The largest absolute Gasteiger partial charge is 0.105 e. The quantitative estimate of drug-likeness (QED) is 0.364. The van der Waals surface area contributed by atoms with Gasteiger partial charge in [-0.2, -0.15) is 0 Å². The SMILES string of the molecule is Pc1ccccc1P.[Li].[Li]. The number of rotatable bonds is 0. The molecule has 0 aliphatic heterocycles. The van der Waals surface area contributed by atoms with Crippen LogP contribution in [0.25, 0.3) is 0 Å². The molecule has 0 N–H and O–H groups in total. The van der Waals surface area contributed by atoms with Crippen molar-refractivity contribution >= 4 is 66.8 Å². The average Bonchev–Trinajstić information content (AvgIpc) is 1.77. The maximum atomic E-state index is 2.67. The summed E-state index contributed by atoms with van der Waals surface area (Å²) < 4.78 is 0. The fraction of sp³-hybridized carbons (Fsp3) is 0. The van der Waals surface area contributed by atoms with Crippen molar-refractivity contribution in [3.05, 3.63) is 24.3 Å². The predicted molar refractivity (Wildman–Crippen MR) is 56.6 cm³/mol. The summed E-state index contributed by atoms with van der Waals surface area (Å²) in [6, 6.07) is 8.17. The minimum Gasteiger partial charge on any atom is -0.105 e. The van der Waals surface area contributed by atoms with Gasteiger partial charge in [-0.15, -0.1) is 18.5 Å². The van der Waals surface area contributed by atoms with Gasteiger partial charge in [-0.3, -0.25) is 0 Å². The molecule has 0 bridgehead atoms. The second kappa shape index (κ2) is 6.95. The summed E-state index contributed by atoms with van der Waals surface area (Å²) in [5.41, 5.74) is 0. The maximum absolute atomic E-state index is 2.67. The van der Waals surface area contributed by atoms with Gasteiger partial charge in [0.1, 0.15) is 0 Å². The molecule has 44 valence electrons. The Morgan fingerprint density at radius 1 is 0.800 bits per heavy atom. The third kappa shape index (κ3) is 4.21. The smallest absolute Gasteiger partial charge is 0 e. The Labute approximate surface area is 90.7 Å². The van der Waals surface area contributed by atoms with Gasteiger partial charge in [0.25, 0.3) is 0 Å². The summed E-state index contributed by atoms with van der Waals surface area (Å²) in [4.78, 5) is 0. The van der Waals surface area contributed by atoms with Gasteiger partial charge in [-0.05, 0) is 10.6 Å². The molecule has 0 aromatic heterocycles. The van der Waals surface area contributed by atoms with Crippen LogP contribution in [-0.4, -0.2) is 37.7 Å². The second-order valence-corrected chi connectivity index (χ2v) is 2.87. The fourth-order valence-electron chi connectivity index (χ4n) is 0.511. The summed E-state index contributed by atoms with van der Waals surface area (Å²) in [5, 5.41) is 2.50. The van der Waals surface area contributed by atoms with E-state index in [0.29, 0.717) is 0 Å². The molecule has 10 heavy (non-hydrogen) atoms. The first-order valence-corrected chi connectivity index (χ1v) is 3.56. The van der Waals surface area contributed by atoms with E-state index in [-0.39, 0.29) is 37.7 Å². The van der Waals surface area contributed by atoms with Crippen LogP contribution in [0.1, 0.15) is 0 Å².